The van der Waals surface area contributed by atoms with E-state index in [0.29, 0.717) is 18.4 Å². The van der Waals surface area contributed by atoms with Crippen LogP contribution in [0, 0.1) is 28.4 Å². The highest BCUT2D eigenvalue weighted by atomic mass is 35.5. The summed E-state index contributed by atoms with van der Waals surface area (Å²) in [5, 5.41) is 12.7. The van der Waals surface area contributed by atoms with Crippen molar-refractivity contribution in [2.45, 2.75) is 25.7 Å². The summed E-state index contributed by atoms with van der Waals surface area (Å²) < 4.78 is 26.5. The topological polar surface area (TPSA) is 35.8 Å². The Morgan fingerprint density at radius 1 is 1.21 bits per heavy atom. The van der Waals surface area contributed by atoms with E-state index in [1.54, 1.807) is 0 Å². The first-order valence-corrected chi connectivity index (χ1v) is 6.15. The molecule has 1 aromatic carbocycles. The summed E-state index contributed by atoms with van der Waals surface area (Å²) >= 11 is 0. The molecule has 1 aliphatic heterocycles. The van der Waals surface area contributed by atoms with Gasteiger partial charge in [-0.15, -0.1) is 12.4 Å². The highest BCUT2D eigenvalue weighted by molar-refractivity contribution is 5.85. The fourth-order valence-corrected chi connectivity index (χ4v) is 2.66. The van der Waals surface area contributed by atoms with E-state index in [4.69, 9.17) is 0 Å². The number of nitrogens with zero attached hydrogens (tertiary/aromatic N) is 1. The lowest BCUT2D eigenvalue weighted by molar-refractivity contribution is 0.238. The number of nitrogens with one attached hydrogen (secondary N) is 1. The Bertz CT molecular complexity index is 459. The normalized spacial score (nSPS) is 19.1. The second kappa shape index (κ2) is 6.31. The molecule has 1 atom stereocenters. The zero-order valence-corrected chi connectivity index (χ0v) is 11.6. The van der Waals surface area contributed by atoms with E-state index in [2.05, 4.69) is 11.4 Å². The van der Waals surface area contributed by atoms with Crippen molar-refractivity contribution in [3.8, 4) is 6.07 Å². The standard InChI is InChI=1S/C14H16F2N2.ClH/c1-10(11-6-12(15)8-13(16)7-11)14(9-17)2-4-18-5-3-14;/h6-8,10,18H,2-5H2,1H3;1H. The monoisotopic (exact) mass is 286 g/mol. The van der Waals surface area contributed by atoms with Crippen molar-refractivity contribution in [2.24, 2.45) is 5.41 Å². The van der Waals surface area contributed by atoms with Gasteiger partial charge in [0.2, 0.25) is 0 Å². The van der Waals surface area contributed by atoms with E-state index in [1.165, 1.54) is 12.1 Å². The summed E-state index contributed by atoms with van der Waals surface area (Å²) in [5.41, 5.74) is 0.0434. The Kier molecular flexibility index (Phi) is 5.28. The fourth-order valence-electron chi connectivity index (χ4n) is 2.66. The molecule has 1 unspecified atom stereocenters. The van der Waals surface area contributed by atoms with Gasteiger partial charge in [0.15, 0.2) is 0 Å². The van der Waals surface area contributed by atoms with Gasteiger partial charge in [-0.2, -0.15) is 5.26 Å². The van der Waals surface area contributed by atoms with E-state index in [-0.39, 0.29) is 18.3 Å². The van der Waals surface area contributed by atoms with E-state index < -0.39 is 17.0 Å². The van der Waals surface area contributed by atoms with Crippen molar-refractivity contribution in [1.29, 1.82) is 5.26 Å². The molecule has 0 amide bonds. The zero-order valence-electron chi connectivity index (χ0n) is 10.7. The van der Waals surface area contributed by atoms with Crippen LogP contribution in [-0.2, 0) is 0 Å². The Balaban J connectivity index is 0.00000180. The molecule has 104 valence electrons. The first kappa shape index (κ1) is 15.9. The van der Waals surface area contributed by atoms with Crippen molar-refractivity contribution in [3.05, 3.63) is 35.4 Å². The van der Waals surface area contributed by atoms with Gasteiger partial charge >= 0.3 is 0 Å². The fraction of sp³-hybridized carbons (Fsp3) is 0.500. The number of rotatable bonds is 2. The van der Waals surface area contributed by atoms with Gasteiger partial charge in [0, 0.05) is 12.0 Å². The molecule has 1 saturated heterocycles. The van der Waals surface area contributed by atoms with E-state index in [0.717, 1.165) is 19.2 Å². The highest BCUT2D eigenvalue weighted by Gasteiger charge is 2.38. The minimum atomic E-state index is -0.584. The third-order valence-corrected chi connectivity index (χ3v) is 3.93. The maximum atomic E-state index is 13.2. The van der Waals surface area contributed by atoms with Gasteiger partial charge in [-0.25, -0.2) is 8.78 Å². The minimum absolute atomic E-state index is 0. The number of halogens is 3. The summed E-state index contributed by atoms with van der Waals surface area (Å²) in [6, 6.07) is 5.89. The summed E-state index contributed by atoms with van der Waals surface area (Å²) in [4.78, 5) is 0. The molecular formula is C14H17ClF2N2. The summed E-state index contributed by atoms with van der Waals surface area (Å²) in [5.74, 6) is -1.34. The molecule has 0 aliphatic carbocycles. The second-order valence-corrected chi connectivity index (χ2v) is 4.94. The molecule has 1 aromatic rings. The van der Waals surface area contributed by atoms with Gasteiger partial charge in [0.25, 0.3) is 0 Å². The van der Waals surface area contributed by atoms with Crippen molar-refractivity contribution in [2.75, 3.05) is 13.1 Å². The van der Waals surface area contributed by atoms with E-state index in [1.807, 2.05) is 6.92 Å². The summed E-state index contributed by atoms with van der Waals surface area (Å²) in [6.45, 7) is 3.42. The van der Waals surface area contributed by atoms with Crippen LogP contribution in [0.3, 0.4) is 0 Å². The lowest BCUT2D eigenvalue weighted by atomic mass is 9.68. The SMILES string of the molecule is CC(c1cc(F)cc(F)c1)C1(C#N)CCNCC1.Cl. The first-order valence-electron chi connectivity index (χ1n) is 6.15. The van der Waals surface area contributed by atoms with Gasteiger partial charge in [0.1, 0.15) is 11.6 Å². The number of hydrogen-bond acceptors (Lipinski definition) is 2. The third-order valence-electron chi connectivity index (χ3n) is 3.93. The number of benzene rings is 1. The van der Waals surface area contributed by atoms with Gasteiger partial charge in [-0.05, 0) is 43.6 Å². The quantitative estimate of drug-likeness (QED) is 0.905. The lowest BCUT2D eigenvalue weighted by Crippen LogP contribution is -2.39. The van der Waals surface area contributed by atoms with Crippen molar-refractivity contribution in [1.82, 2.24) is 5.32 Å². The molecule has 2 rings (SSSR count). The van der Waals surface area contributed by atoms with Crippen molar-refractivity contribution >= 4 is 12.4 Å². The molecule has 0 bridgehead atoms. The number of nitriles is 1. The predicted octanol–water partition coefficient (Wildman–Crippen LogP) is 3.38. The van der Waals surface area contributed by atoms with Gasteiger partial charge in [-0.1, -0.05) is 6.92 Å². The van der Waals surface area contributed by atoms with Crippen LogP contribution in [0.1, 0.15) is 31.2 Å². The molecular weight excluding hydrogens is 270 g/mol. The largest absolute Gasteiger partial charge is 0.317 e. The molecule has 1 fully saturated rings. The summed E-state index contributed by atoms with van der Waals surface area (Å²) in [6.07, 6.45) is 1.42. The maximum absolute atomic E-state index is 13.2. The van der Waals surface area contributed by atoms with Crippen LogP contribution in [0.4, 0.5) is 8.78 Å². The smallest absolute Gasteiger partial charge is 0.126 e. The maximum Gasteiger partial charge on any atom is 0.126 e. The van der Waals surface area contributed by atoms with Crippen LogP contribution in [0.5, 0.6) is 0 Å². The van der Waals surface area contributed by atoms with Crippen LogP contribution >= 0.6 is 12.4 Å². The van der Waals surface area contributed by atoms with Gasteiger partial charge < -0.3 is 5.32 Å². The Hall–Kier alpha value is -1.18. The molecule has 19 heavy (non-hydrogen) atoms. The minimum Gasteiger partial charge on any atom is -0.317 e. The van der Waals surface area contributed by atoms with Gasteiger partial charge in [-0.3, -0.25) is 0 Å². The molecule has 0 saturated carbocycles. The Morgan fingerprint density at radius 2 is 1.74 bits per heavy atom. The van der Waals surface area contributed by atoms with Crippen LogP contribution in [0.25, 0.3) is 0 Å². The predicted molar refractivity (Wildman–Crippen MR) is 72.2 cm³/mol. The Labute approximate surface area is 118 Å². The second-order valence-electron chi connectivity index (χ2n) is 4.94. The van der Waals surface area contributed by atoms with Crippen LogP contribution < -0.4 is 5.32 Å². The number of piperidine rings is 1. The lowest BCUT2D eigenvalue weighted by Gasteiger charge is -2.36. The molecule has 1 N–H and O–H groups in total. The van der Waals surface area contributed by atoms with Crippen molar-refractivity contribution in [3.63, 3.8) is 0 Å². The molecule has 1 heterocycles. The van der Waals surface area contributed by atoms with Crippen LogP contribution in [-0.4, -0.2) is 13.1 Å². The number of hydrogen-bond donors (Lipinski definition) is 1. The summed E-state index contributed by atoms with van der Waals surface area (Å²) in [7, 11) is 0. The average molecular weight is 287 g/mol. The molecule has 0 spiro atoms. The molecule has 2 nitrogen and oxygen atoms in total. The van der Waals surface area contributed by atoms with E-state index >= 15 is 0 Å². The highest BCUT2D eigenvalue weighted by Crippen LogP contribution is 2.42. The first-order chi connectivity index (χ1) is 8.57. The third kappa shape index (κ3) is 3.23. The van der Waals surface area contributed by atoms with Crippen LogP contribution in [0.15, 0.2) is 18.2 Å². The average Bonchev–Trinajstić information content (AvgIpc) is 2.37. The van der Waals surface area contributed by atoms with E-state index in [9.17, 15) is 14.0 Å². The van der Waals surface area contributed by atoms with Crippen LogP contribution in [0.2, 0.25) is 0 Å². The molecule has 5 heteroatoms. The zero-order chi connectivity index (χ0) is 13.2. The Morgan fingerprint density at radius 3 is 2.21 bits per heavy atom. The molecule has 0 radical (unpaired) electrons. The van der Waals surface area contributed by atoms with Crippen molar-refractivity contribution < 1.29 is 8.78 Å². The molecule has 1 aliphatic rings. The molecule has 0 aromatic heterocycles. The van der Waals surface area contributed by atoms with Gasteiger partial charge in [0.05, 0.1) is 11.5 Å².